The zero-order valence-corrected chi connectivity index (χ0v) is 11.6. The Hall–Kier alpha value is -1.84. The van der Waals surface area contributed by atoms with Crippen LogP contribution in [0.5, 0.6) is 0 Å². The van der Waals surface area contributed by atoms with E-state index >= 15 is 0 Å². The topological polar surface area (TPSA) is 46.6 Å². The van der Waals surface area contributed by atoms with Gasteiger partial charge in [-0.2, -0.15) is 0 Å². The normalized spacial score (nSPS) is 19.6. The third kappa shape index (κ3) is 3.34. The van der Waals surface area contributed by atoms with Crippen molar-refractivity contribution < 1.29 is 14.3 Å². The number of benzene rings is 1. The Kier molecular flexibility index (Phi) is 3.60. The molecule has 4 heteroatoms. The summed E-state index contributed by atoms with van der Waals surface area (Å²) in [5.41, 5.74) is 0.420. The Morgan fingerprint density at radius 1 is 1.26 bits per heavy atom. The molecule has 4 nitrogen and oxygen atoms in total. The molecule has 1 aromatic rings. The van der Waals surface area contributed by atoms with Crippen LogP contribution in [0.25, 0.3) is 0 Å². The Labute approximate surface area is 113 Å². The lowest BCUT2D eigenvalue weighted by atomic mass is 10.0. The van der Waals surface area contributed by atoms with Crippen molar-refractivity contribution in [3.8, 4) is 0 Å². The molecule has 0 saturated carbocycles. The van der Waals surface area contributed by atoms with Gasteiger partial charge in [0.05, 0.1) is 12.6 Å². The molecule has 1 aliphatic heterocycles. The van der Waals surface area contributed by atoms with Gasteiger partial charge in [-0.3, -0.25) is 9.69 Å². The lowest BCUT2D eigenvalue weighted by Crippen LogP contribution is -2.36. The summed E-state index contributed by atoms with van der Waals surface area (Å²) in [5.74, 6) is 0.0692. The molecule has 19 heavy (non-hydrogen) atoms. The average molecular weight is 261 g/mol. The van der Waals surface area contributed by atoms with Crippen LogP contribution in [-0.4, -0.2) is 28.9 Å². The van der Waals surface area contributed by atoms with Gasteiger partial charge in [0.15, 0.2) is 5.78 Å². The van der Waals surface area contributed by atoms with E-state index in [1.54, 1.807) is 0 Å². The largest absolute Gasteiger partial charge is 0.444 e. The van der Waals surface area contributed by atoms with Gasteiger partial charge in [0, 0.05) is 6.42 Å². The molecule has 1 amide bonds. The van der Waals surface area contributed by atoms with Crippen LogP contribution in [0, 0.1) is 0 Å². The maximum Gasteiger partial charge on any atom is 0.411 e. The van der Waals surface area contributed by atoms with E-state index in [-0.39, 0.29) is 18.4 Å². The third-order valence-corrected chi connectivity index (χ3v) is 2.96. The molecule has 0 bridgehead atoms. The third-order valence-electron chi connectivity index (χ3n) is 2.96. The molecule has 0 N–H and O–H groups in total. The first-order chi connectivity index (χ1) is 8.87. The van der Waals surface area contributed by atoms with Gasteiger partial charge < -0.3 is 4.74 Å². The van der Waals surface area contributed by atoms with Crippen molar-refractivity contribution in [3.05, 3.63) is 35.9 Å². The minimum absolute atomic E-state index is 0.0692. The van der Waals surface area contributed by atoms with Crippen molar-refractivity contribution in [2.75, 3.05) is 6.54 Å². The molecule has 1 aliphatic rings. The molecular weight excluding hydrogens is 242 g/mol. The first-order valence-corrected chi connectivity index (χ1v) is 6.43. The van der Waals surface area contributed by atoms with Gasteiger partial charge in [0.2, 0.25) is 0 Å². The summed E-state index contributed by atoms with van der Waals surface area (Å²) in [6.45, 7) is 5.59. The minimum atomic E-state index is -0.552. The van der Waals surface area contributed by atoms with Crippen molar-refractivity contribution in [1.29, 1.82) is 0 Å². The van der Waals surface area contributed by atoms with Gasteiger partial charge >= 0.3 is 6.09 Å². The molecule has 1 heterocycles. The van der Waals surface area contributed by atoms with Gasteiger partial charge in [0.25, 0.3) is 0 Å². The number of amides is 1. The predicted molar refractivity (Wildman–Crippen MR) is 71.7 cm³/mol. The molecule has 102 valence electrons. The standard InChI is InChI=1S/C15H19NO3/c1-15(2,3)19-14(18)16-10-12(17)9-13(16)11-7-5-4-6-8-11/h4-8,13H,9-10H2,1-3H3/t13-/m1/s1. The molecule has 1 aromatic carbocycles. The van der Waals surface area contributed by atoms with E-state index in [1.165, 1.54) is 4.90 Å². The van der Waals surface area contributed by atoms with Crippen LogP contribution in [0.3, 0.4) is 0 Å². The second kappa shape index (κ2) is 5.03. The maximum atomic E-state index is 12.1. The zero-order chi connectivity index (χ0) is 14.0. The Bertz CT molecular complexity index is 476. The van der Waals surface area contributed by atoms with Crippen LogP contribution in [0.15, 0.2) is 30.3 Å². The highest BCUT2D eigenvalue weighted by atomic mass is 16.6. The predicted octanol–water partition coefficient (Wildman–Crippen LogP) is 2.94. The van der Waals surface area contributed by atoms with Gasteiger partial charge in [0.1, 0.15) is 5.60 Å². The van der Waals surface area contributed by atoms with Crippen molar-refractivity contribution in [1.82, 2.24) is 4.90 Å². The molecule has 0 aliphatic carbocycles. The van der Waals surface area contributed by atoms with Gasteiger partial charge in [-0.1, -0.05) is 30.3 Å². The summed E-state index contributed by atoms with van der Waals surface area (Å²) < 4.78 is 5.36. The van der Waals surface area contributed by atoms with E-state index in [2.05, 4.69) is 0 Å². The number of rotatable bonds is 1. The number of carbonyl (C=O) groups excluding carboxylic acids is 2. The van der Waals surface area contributed by atoms with E-state index < -0.39 is 11.7 Å². The number of ether oxygens (including phenoxy) is 1. The fourth-order valence-corrected chi connectivity index (χ4v) is 2.18. The van der Waals surface area contributed by atoms with E-state index in [0.717, 1.165) is 5.56 Å². The molecular formula is C15H19NO3. The van der Waals surface area contributed by atoms with Crippen LogP contribution < -0.4 is 0 Å². The smallest absolute Gasteiger partial charge is 0.411 e. The van der Waals surface area contributed by atoms with E-state index in [4.69, 9.17) is 4.74 Å². The van der Waals surface area contributed by atoms with Crippen molar-refractivity contribution >= 4 is 11.9 Å². The summed E-state index contributed by atoms with van der Waals surface area (Å²) in [5, 5.41) is 0. The Morgan fingerprint density at radius 2 is 1.89 bits per heavy atom. The highest BCUT2D eigenvalue weighted by Gasteiger charge is 2.37. The van der Waals surface area contributed by atoms with E-state index in [9.17, 15) is 9.59 Å². The first kappa shape index (κ1) is 13.6. The van der Waals surface area contributed by atoms with Gasteiger partial charge in [-0.25, -0.2) is 4.79 Å². The molecule has 0 radical (unpaired) electrons. The Balaban J connectivity index is 2.19. The summed E-state index contributed by atoms with van der Waals surface area (Å²) in [7, 11) is 0. The summed E-state index contributed by atoms with van der Waals surface area (Å²) >= 11 is 0. The van der Waals surface area contributed by atoms with Crippen molar-refractivity contribution in [3.63, 3.8) is 0 Å². The van der Waals surface area contributed by atoms with Gasteiger partial charge in [-0.15, -0.1) is 0 Å². The number of likely N-dealkylation sites (tertiary alicyclic amines) is 1. The van der Waals surface area contributed by atoms with Crippen LogP contribution in [-0.2, 0) is 9.53 Å². The SMILES string of the molecule is CC(C)(C)OC(=O)N1CC(=O)C[C@@H]1c1ccccc1. The molecule has 1 fully saturated rings. The summed E-state index contributed by atoms with van der Waals surface area (Å²) in [6, 6.07) is 9.39. The lowest BCUT2D eigenvalue weighted by molar-refractivity contribution is -0.117. The maximum absolute atomic E-state index is 12.1. The molecule has 1 saturated heterocycles. The number of carbonyl (C=O) groups is 2. The number of ketones is 1. The zero-order valence-electron chi connectivity index (χ0n) is 11.6. The first-order valence-electron chi connectivity index (χ1n) is 6.43. The fraction of sp³-hybridized carbons (Fsp3) is 0.467. The molecule has 1 atom stereocenters. The minimum Gasteiger partial charge on any atom is -0.444 e. The summed E-state index contributed by atoms with van der Waals surface area (Å²) in [4.78, 5) is 25.3. The lowest BCUT2D eigenvalue weighted by Gasteiger charge is -2.28. The Morgan fingerprint density at radius 3 is 2.47 bits per heavy atom. The highest BCUT2D eigenvalue weighted by molar-refractivity contribution is 5.88. The number of Topliss-reactive ketones (excluding diaryl/α,β-unsaturated/α-hetero) is 1. The van der Waals surface area contributed by atoms with Crippen LogP contribution >= 0.6 is 0 Å². The highest BCUT2D eigenvalue weighted by Crippen LogP contribution is 2.31. The summed E-state index contributed by atoms with van der Waals surface area (Å²) in [6.07, 6.45) is -0.0595. The second-order valence-electron chi connectivity index (χ2n) is 5.78. The monoisotopic (exact) mass is 261 g/mol. The van der Waals surface area contributed by atoms with Gasteiger partial charge in [-0.05, 0) is 26.3 Å². The van der Waals surface area contributed by atoms with E-state index in [0.29, 0.717) is 6.42 Å². The van der Waals surface area contributed by atoms with Crippen molar-refractivity contribution in [2.24, 2.45) is 0 Å². The molecule has 0 spiro atoms. The second-order valence-corrected chi connectivity index (χ2v) is 5.78. The number of hydrogen-bond acceptors (Lipinski definition) is 3. The quantitative estimate of drug-likeness (QED) is 0.780. The molecule has 2 rings (SSSR count). The number of nitrogens with zero attached hydrogens (tertiary/aromatic N) is 1. The van der Waals surface area contributed by atoms with Crippen LogP contribution in [0.1, 0.15) is 38.8 Å². The van der Waals surface area contributed by atoms with Crippen LogP contribution in [0.4, 0.5) is 4.79 Å². The molecule has 0 aromatic heterocycles. The van der Waals surface area contributed by atoms with Crippen molar-refractivity contribution in [2.45, 2.75) is 38.8 Å². The van der Waals surface area contributed by atoms with Crippen LogP contribution in [0.2, 0.25) is 0 Å². The number of hydrogen-bond donors (Lipinski definition) is 0. The fourth-order valence-electron chi connectivity index (χ4n) is 2.18. The van der Waals surface area contributed by atoms with E-state index in [1.807, 2.05) is 51.1 Å². The average Bonchev–Trinajstić information content (AvgIpc) is 2.70. The molecule has 0 unspecified atom stereocenters.